The molecular formula is C35H41FN2O6. The van der Waals surface area contributed by atoms with Gasteiger partial charge in [0, 0.05) is 24.2 Å². The van der Waals surface area contributed by atoms with Crippen molar-refractivity contribution in [3.05, 3.63) is 82.2 Å². The number of hydrogen-bond donors (Lipinski definition) is 2. The maximum Gasteiger partial charge on any atom is 0.309 e. The van der Waals surface area contributed by atoms with Crippen LogP contribution in [0.4, 0.5) is 10.1 Å². The average molecular weight is 605 g/mol. The molecule has 1 amide bonds. The molecule has 9 heteroatoms. The van der Waals surface area contributed by atoms with Crippen molar-refractivity contribution >= 4 is 17.6 Å². The number of halogens is 1. The van der Waals surface area contributed by atoms with E-state index in [2.05, 4.69) is 19.2 Å². The lowest BCUT2D eigenvalue weighted by Gasteiger charge is -2.27. The van der Waals surface area contributed by atoms with Crippen molar-refractivity contribution in [1.29, 1.82) is 0 Å². The summed E-state index contributed by atoms with van der Waals surface area (Å²) in [5.41, 5.74) is 4.55. The third-order valence-corrected chi connectivity index (χ3v) is 8.56. The summed E-state index contributed by atoms with van der Waals surface area (Å²) in [5, 5.41) is 13.7. The fourth-order valence-corrected chi connectivity index (χ4v) is 6.47. The molecule has 44 heavy (non-hydrogen) atoms. The molecule has 3 aromatic rings. The predicted octanol–water partition coefficient (Wildman–Crippen LogP) is 6.50. The van der Waals surface area contributed by atoms with Crippen LogP contribution in [0.15, 0.2) is 48.5 Å². The molecule has 2 aliphatic rings. The first-order valence-electron chi connectivity index (χ1n) is 15.3. The number of rotatable bonds is 11. The van der Waals surface area contributed by atoms with Crippen LogP contribution in [0.25, 0.3) is 0 Å². The van der Waals surface area contributed by atoms with Gasteiger partial charge in [-0.25, -0.2) is 4.39 Å². The molecule has 0 saturated carbocycles. The molecule has 0 spiro atoms. The van der Waals surface area contributed by atoms with E-state index in [0.717, 1.165) is 27.8 Å². The number of likely N-dealkylation sites (tertiary alicyclic amines) is 1. The van der Waals surface area contributed by atoms with Crippen LogP contribution in [-0.2, 0) is 22.4 Å². The number of amides is 1. The molecule has 0 radical (unpaired) electrons. The summed E-state index contributed by atoms with van der Waals surface area (Å²) in [6, 6.07) is 13.5. The van der Waals surface area contributed by atoms with Gasteiger partial charge in [0.05, 0.1) is 19.1 Å². The molecule has 1 fully saturated rings. The molecule has 234 valence electrons. The monoisotopic (exact) mass is 604 g/mol. The van der Waals surface area contributed by atoms with Crippen LogP contribution in [0.1, 0.15) is 67.5 Å². The molecule has 1 unspecified atom stereocenters. The lowest BCUT2D eigenvalue weighted by Crippen LogP contribution is -2.35. The number of fused-ring (bicyclic) bond motifs is 1. The minimum absolute atomic E-state index is 0.0379. The highest BCUT2D eigenvalue weighted by Crippen LogP contribution is 2.49. The SMILES string of the molecule is CCc1cc(F)cc(CC)c1NC(=O)CN1C[C@H](c2ccc3c(c2C)OCO3)C(C(=O)O)[C@@H]1c1ccc(OCC(C)C)cc1. The van der Waals surface area contributed by atoms with Gasteiger partial charge in [-0.2, -0.15) is 0 Å². The number of nitrogens with zero attached hydrogens (tertiary/aromatic N) is 1. The first-order valence-corrected chi connectivity index (χ1v) is 15.3. The van der Waals surface area contributed by atoms with Crippen molar-refractivity contribution in [1.82, 2.24) is 4.90 Å². The number of benzene rings is 3. The Bertz CT molecular complexity index is 1500. The third kappa shape index (κ3) is 6.38. The summed E-state index contributed by atoms with van der Waals surface area (Å²) >= 11 is 0. The fraction of sp³-hybridized carbons (Fsp3) is 0.429. The van der Waals surface area contributed by atoms with Crippen molar-refractivity contribution in [2.24, 2.45) is 11.8 Å². The number of carboxylic acid groups (broad SMARTS) is 1. The quantitative estimate of drug-likeness (QED) is 0.258. The number of ether oxygens (including phenoxy) is 3. The van der Waals surface area contributed by atoms with Gasteiger partial charge in [0.2, 0.25) is 12.7 Å². The van der Waals surface area contributed by atoms with E-state index in [4.69, 9.17) is 14.2 Å². The summed E-state index contributed by atoms with van der Waals surface area (Å²) in [7, 11) is 0. The molecule has 0 bridgehead atoms. The van der Waals surface area contributed by atoms with Crippen LogP contribution in [0.3, 0.4) is 0 Å². The Kier molecular flexibility index (Phi) is 9.44. The zero-order valence-corrected chi connectivity index (χ0v) is 26.0. The van der Waals surface area contributed by atoms with E-state index in [1.165, 1.54) is 12.1 Å². The van der Waals surface area contributed by atoms with E-state index in [0.29, 0.717) is 54.8 Å². The van der Waals surface area contributed by atoms with Crippen molar-refractivity contribution in [3.8, 4) is 17.2 Å². The minimum Gasteiger partial charge on any atom is -0.493 e. The molecule has 3 aromatic carbocycles. The number of carboxylic acids is 1. The highest BCUT2D eigenvalue weighted by molar-refractivity contribution is 5.94. The first-order chi connectivity index (χ1) is 21.1. The van der Waals surface area contributed by atoms with E-state index in [1.54, 1.807) is 0 Å². The van der Waals surface area contributed by atoms with Crippen LogP contribution in [0.5, 0.6) is 17.2 Å². The minimum atomic E-state index is -0.944. The first kappa shape index (κ1) is 31.3. The second-order valence-corrected chi connectivity index (χ2v) is 12.0. The number of carbonyl (C=O) groups is 2. The predicted molar refractivity (Wildman–Crippen MR) is 166 cm³/mol. The molecule has 3 atom stereocenters. The largest absolute Gasteiger partial charge is 0.493 e. The molecule has 0 aromatic heterocycles. The van der Waals surface area contributed by atoms with Crippen molar-refractivity contribution in [2.75, 3.05) is 31.8 Å². The molecule has 2 aliphatic heterocycles. The summed E-state index contributed by atoms with van der Waals surface area (Å²) in [4.78, 5) is 28.6. The van der Waals surface area contributed by atoms with E-state index < -0.39 is 23.8 Å². The Morgan fingerprint density at radius 3 is 2.36 bits per heavy atom. The van der Waals surface area contributed by atoms with Gasteiger partial charge in [-0.3, -0.25) is 14.5 Å². The van der Waals surface area contributed by atoms with Crippen molar-refractivity contribution < 1.29 is 33.3 Å². The van der Waals surface area contributed by atoms with Gasteiger partial charge >= 0.3 is 5.97 Å². The number of hydrogen-bond acceptors (Lipinski definition) is 6. The standard InChI is InChI=1S/C35H41FN2O6/c1-6-22-14-25(36)15-23(7-2)32(22)37-30(39)17-38-16-28(27-12-13-29-34(21(27)5)44-19-43-29)31(35(40)41)33(38)24-8-10-26(11-9-24)42-18-20(3)4/h8-15,20,28,31,33H,6-7,16-19H2,1-5H3,(H,37,39)(H,40,41)/t28-,31?,33+/m1/s1. The normalized spacial score (nSPS) is 19.4. The molecular weight excluding hydrogens is 563 g/mol. The van der Waals surface area contributed by atoms with Crippen molar-refractivity contribution in [2.45, 2.75) is 59.4 Å². The smallest absolute Gasteiger partial charge is 0.309 e. The van der Waals surface area contributed by atoms with Crippen LogP contribution in [-0.4, -0.2) is 48.4 Å². The van der Waals surface area contributed by atoms with Gasteiger partial charge < -0.3 is 24.6 Å². The van der Waals surface area contributed by atoms with E-state index in [9.17, 15) is 19.1 Å². The number of anilines is 1. The van der Waals surface area contributed by atoms with Crippen LogP contribution in [0, 0.1) is 24.6 Å². The lowest BCUT2D eigenvalue weighted by molar-refractivity contribution is -0.143. The molecule has 2 heterocycles. The summed E-state index contributed by atoms with van der Waals surface area (Å²) < 4.78 is 31.4. The average Bonchev–Trinajstić information content (AvgIpc) is 3.63. The van der Waals surface area contributed by atoms with Crippen LogP contribution >= 0.6 is 0 Å². The number of nitrogens with one attached hydrogen (secondary N) is 1. The van der Waals surface area contributed by atoms with E-state index in [1.807, 2.05) is 62.1 Å². The van der Waals surface area contributed by atoms with Gasteiger partial charge in [-0.15, -0.1) is 0 Å². The van der Waals surface area contributed by atoms with E-state index in [-0.39, 0.29) is 25.1 Å². The maximum atomic E-state index is 14.2. The van der Waals surface area contributed by atoms with Gasteiger partial charge in [0.15, 0.2) is 11.5 Å². The molecule has 8 nitrogen and oxygen atoms in total. The summed E-state index contributed by atoms with van der Waals surface area (Å²) in [6.45, 7) is 10.9. The van der Waals surface area contributed by atoms with Crippen LogP contribution < -0.4 is 19.5 Å². The lowest BCUT2D eigenvalue weighted by atomic mass is 9.81. The second-order valence-electron chi connectivity index (χ2n) is 12.0. The maximum absolute atomic E-state index is 14.2. The third-order valence-electron chi connectivity index (χ3n) is 8.56. The van der Waals surface area contributed by atoms with Crippen molar-refractivity contribution in [3.63, 3.8) is 0 Å². The zero-order chi connectivity index (χ0) is 31.5. The molecule has 1 saturated heterocycles. The Morgan fingerprint density at radius 1 is 1.07 bits per heavy atom. The zero-order valence-electron chi connectivity index (χ0n) is 26.0. The second kappa shape index (κ2) is 13.3. The highest BCUT2D eigenvalue weighted by Gasteiger charge is 2.48. The van der Waals surface area contributed by atoms with Gasteiger partial charge in [0.1, 0.15) is 11.6 Å². The Morgan fingerprint density at radius 2 is 1.75 bits per heavy atom. The Hall–Kier alpha value is -4.11. The fourth-order valence-electron chi connectivity index (χ4n) is 6.47. The highest BCUT2D eigenvalue weighted by atomic mass is 19.1. The summed E-state index contributed by atoms with van der Waals surface area (Å²) in [6.07, 6.45) is 1.12. The number of carbonyl (C=O) groups excluding carboxylic acids is 1. The van der Waals surface area contributed by atoms with Gasteiger partial charge in [0.25, 0.3) is 0 Å². The van der Waals surface area contributed by atoms with Gasteiger partial charge in [-0.05, 0) is 83.8 Å². The topological polar surface area (TPSA) is 97.3 Å². The Labute approximate surface area is 258 Å². The summed E-state index contributed by atoms with van der Waals surface area (Å²) in [5.74, 6) is -0.482. The van der Waals surface area contributed by atoms with Gasteiger partial charge in [-0.1, -0.05) is 45.9 Å². The number of aliphatic carboxylic acids is 1. The Balaban J connectivity index is 1.50. The van der Waals surface area contributed by atoms with Crippen LogP contribution in [0.2, 0.25) is 0 Å². The molecule has 2 N–H and O–H groups in total. The molecule has 5 rings (SSSR count). The van der Waals surface area contributed by atoms with E-state index >= 15 is 0 Å². The number of aryl methyl sites for hydroxylation is 2. The molecule has 0 aliphatic carbocycles.